The van der Waals surface area contributed by atoms with E-state index in [4.69, 9.17) is 50.9 Å². The van der Waals surface area contributed by atoms with E-state index in [2.05, 4.69) is 104 Å². The van der Waals surface area contributed by atoms with E-state index in [9.17, 15) is 18.0 Å². The Hall–Kier alpha value is -1.54. The fraction of sp³-hybridized carbons (Fsp3) is 0.797. The Balaban J connectivity index is 0.983. The monoisotopic (exact) mass is 1210 g/mol. The highest BCUT2D eigenvalue weighted by Gasteiger charge is 2.69. The molecule has 0 N–H and O–H groups in total. The van der Waals surface area contributed by atoms with Crippen molar-refractivity contribution in [3.05, 3.63) is 53.0 Å². The van der Waals surface area contributed by atoms with E-state index in [0.29, 0.717) is 68.9 Å². The maximum Gasteiger partial charge on any atom is 0.297 e. The molecule has 8 fully saturated rings. The second kappa shape index (κ2) is 24.6. The lowest BCUT2D eigenvalue weighted by Crippen LogP contribution is -2.61. The number of hydrogen-bond donors (Lipinski definition) is 0. The van der Waals surface area contributed by atoms with Crippen molar-refractivity contribution in [3.63, 3.8) is 0 Å². The molecule has 0 spiro atoms. The van der Waals surface area contributed by atoms with Crippen molar-refractivity contribution in [2.24, 2.45) is 11.8 Å². The molecule has 18 atom stereocenters. The molecule has 1 aromatic carbocycles. The predicted molar refractivity (Wildman–Crippen MR) is 306 cm³/mol. The number of ketones is 1. The molecule has 0 aliphatic carbocycles. The summed E-state index contributed by atoms with van der Waals surface area (Å²) in [4.78, 5) is 26.3. The van der Waals surface area contributed by atoms with Crippen LogP contribution < -0.4 is 0 Å². The number of Topliss-reactive ketones (excluding diaryl/α,β-unsaturated/α-hetero) is 1. The molecule has 440 valence electrons. The fourth-order valence-electron chi connectivity index (χ4n) is 12.5. The Kier molecular flexibility index (Phi) is 19.7. The predicted octanol–water partition coefficient (Wildman–Crippen LogP) is 11.4. The number of carbonyl (C=O) groups excluding carboxylic acids is 2. The average molecular weight is 1210 g/mol. The van der Waals surface area contributed by atoms with Crippen LogP contribution in [0.1, 0.15) is 138 Å². The van der Waals surface area contributed by atoms with E-state index in [1.54, 1.807) is 31.4 Å². The summed E-state index contributed by atoms with van der Waals surface area (Å²) in [7, 11) is -6.81. The average Bonchev–Trinajstić information content (AvgIpc) is 4.00. The molecule has 0 saturated carbocycles. The zero-order chi connectivity index (χ0) is 56.9. The molecule has 78 heavy (non-hydrogen) atoms. The first-order valence-corrected chi connectivity index (χ1v) is 36.9. The van der Waals surface area contributed by atoms with Crippen LogP contribution >= 0.6 is 15.9 Å². The second-order valence-corrected chi connectivity index (χ2v) is 39.1. The third-order valence-electron chi connectivity index (χ3n) is 19.0. The van der Waals surface area contributed by atoms with Gasteiger partial charge in [-0.3, -0.25) is 8.98 Å². The molecule has 0 aromatic heterocycles. The highest BCUT2D eigenvalue weighted by molar-refractivity contribution is 9.11. The quantitative estimate of drug-likeness (QED) is 0.0392. The van der Waals surface area contributed by atoms with E-state index in [1.165, 1.54) is 0 Å². The smallest absolute Gasteiger partial charge is 0.297 e. The maximum absolute atomic E-state index is 14.8. The molecular formula is C59H93BrO15SSi2. The maximum atomic E-state index is 14.8. The highest BCUT2D eigenvalue weighted by Crippen LogP contribution is 2.54. The molecule has 8 aliphatic heterocycles. The Morgan fingerprint density at radius 2 is 1.53 bits per heavy atom. The van der Waals surface area contributed by atoms with Crippen LogP contribution in [0.2, 0.25) is 36.3 Å². The summed E-state index contributed by atoms with van der Waals surface area (Å²) in [6.07, 6.45) is 1.12. The summed E-state index contributed by atoms with van der Waals surface area (Å²) in [6.45, 7) is 35.6. The number of hydrogen-bond acceptors (Lipinski definition) is 15. The standard InChI is InChI=1S/C59H93BrO15SSi2/c1-35-18-21-44(22-19-35)76(63,64)74-42(28-37(3)60)24-25-59-33-50-53(72-59)54-55(71-50)56(73-59)52-46(70-54)23-20-41(68-52)29-39(62)30-45-48(32-47-38(4)36(2)27-40(67-47)17-16-26-61)69-49(51(45)65-11)31-43(75-78(14,15)58(8,9)10)34-66-77(12,13)57(5,6)7/h18-19,21-22,26,36,40-43,45-56H,3-4,16-17,20,23-25,27-34H2,1-2,5-15H3/t36-,40+,41-,42-,43+,45+,46+,47-,48+,49-,50-,51-,52+,53+,54+,55-,56+,59-/m1/s1. The van der Waals surface area contributed by atoms with Gasteiger partial charge in [-0.2, -0.15) is 8.42 Å². The number of rotatable bonds is 25. The van der Waals surface area contributed by atoms with Gasteiger partial charge in [0.2, 0.25) is 0 Å². The molecule has 0 radical (unpaired) electrons. The summed E-state index contributed by atoms with van der Waals surface area (Å²) in [6, 6.07) is 6.60. The normalized spacial score (nSPS) is 35.8. The molecule has 1 aromatic rings. The van der Waals surface area contributed by atoms with E-state index < -0.39 is 81.4 Å². The Labute approximate surface area is 477 Å². The summed E-state index contributed by atoms with van der Waals surface area (Å²) >= 11 is 3.44. The highest BCUT2D eigenvalue weighted by atomic mass is 79.9. The van der Waals surface area contributed by atoms with Gasteiger partial charge in [-0.15, -0.1) is 0 Å². The van der Waals surface area contributed by atoms with Crippen LogP contribution in [0.3, 0.4) is 0 Å². The lowest BCUT2D eigenvalue weighted by molar-refractivity contribution is -0.292. The molecular weight excluding hydrogens is 1120 g/mol. The number of ether oxygens (including phenoxy) is 8. The lowest BCUT2D eigenvalue weighted by Gasteiger charge is -2.47. The Morgan fingerprint density at radius 1 is 0.859 bits per heavy atom. The van der Waals surface area contributed by atoms with Gasteiger partial charge < -0.3 is 51.5 Å². The van der Waals surface area contributed by atoms with Gasteiger partial charge in [-0.05, 0) is 103 Å². The summed E-state index contributed by atoms with van der Waals surface area (Å²) in [5.41, 5.74) is 1.94. The summed E-state index contributed by atoms with van der Waals surface area (Å²) < 4.78 is 102. The van der Waals surface area contributed by atoms with Gasteiger partial charge in [-0.25, -0.2) is 0 Å². The van der Waals surface area contributed by atoms with Crippen LogP contribution in [0.25, 0.3) is 0 Å². The van der Waals surface area contributed by atoms with E-state index in [1.807, 2.05) is 6.92 Å². The first kappa shape index (κ1) is 62.5. The van der Waals surface area contributed by atoms with Gasteiger partial charge in [0, 0.05) is 64.4 Å². The third-order valence-corrected chi connectivity index (χ3v) is 29.7. The molecule has 8 aliphatic rings. The Morgan fingerprint density at radius 3 is 2.18 bits per heavy atom. The zero-order valence-corrected chi connectivity index (χ0v) is 53.3. The number of fused-ring (bicyclic) bond motifs is 1. The minimum atomic E-state index is -4.08. The number of methoxy groups -OCH3 is 1. The van der Waals surface area contributed by atoms with Crippen LogP contribution in [0.5, 0.6) is 0 Å². The molecule has 8 heterocycles. The SMILES string of the molecule is C=C(Br)C[C@@H](CC[C@]12C[C@H]3O[C@H]4[C@@H](O1)[C@H]1O[C@@H](CC(=O)C[C@@H]5[C@@H](OC)[C@@H](C[C@@H](CO[Si](C)(C)C(C)(C)C)O[Si](C)(C)C(C)(C)C)O[C@H]5C[C@H]5O[C@@H](CCC=O)C[C@@H](C)C5=C)CC[C@@H]1O[C@H]4[C@H]3O2)OS(=O)(=O)c1ccc(C)cc1. The topological polar surface area (TPSA) is 170 Å². The molecule has 9 rings (SSSR count). The molecule has 19 heteroatoms. The van der Waals surface area contributed by atoms with Crippen molar-refractivity contribution in [1.82, 2.24) is 0 Å². The number of carbonyl (C=O) groups is 2. The molecule has 8 saturated heterocycles. The number of halogens is 1. The van der Waals surface area contributed by atoms with Gasteiger partial charge in [-0.1, -0.05) is 95.3 Å². The number of aryl methyl sites for hydroxylation is 1. The van der Waals surface area contributed by atoms with E-state index in [-0.39, 0.29) is 94.6 Å². The van der Waals surface area contributed by atoms with Crippen LogP contribution in [0.15, 0.2) is 52.4 Å². The van der Waals surface area contributed by atoms with Crippen LogP contribution in [0, 0.1) is 18.8 Å². The van der Waals surface area contributed by atoms with Crippen molar-refractivity contribution in [1.29, 1.82) is 0 Å². The number of aldehydes is 1. The van der Waals surface area contributed by atoms with E-state index in [0.717, 1.165) is 23.8 Å². The molecule has 15 nitrogen and oxygen atoms in total. The molecule has 0 amide bonds. The summed E-state index contributed by atoms with van der Waals surface area (Å²) in [5.74, 6) is -1.16. The van der Waals surface area contributed by atoms with Gasteiger partial charge in [0.05, 0.1) is 72.5 Å². The molecule has 6 bridgehead atoms. The largest absolute Gasteiger partial charge is 0.414 e. The van der Waals surface area contributed by atoms with Crippen molar-refractivity contribution < 1.29 is 68.9 Å². The number of benzene rings is 1. The van der Waals surface area contributed by atoms with Crippen molar-refractivity contribution in [3.8, 4) is 0 Å². The van der Waals surface area contributed by atoms with E-state index >= 15 is 0 Å². The van der Waals surface area contributed by atoms with Gasteiger partial charge >= 0.3 is 0 Å². The van der Waals surface area contributed by atoms with Crippen molar-refractivity contribution >= 4 is 54.8 Å². The van der Waals surface area contributed by atoms with Gasteiger partial charge in [0.1, 0.15) is 42.6 Å². The van der Waals surface area contributed by atoms with Gasteiger partial charge in [0.15, 0.2) is 22.4 Å². The zero-order valence-electron chi connectivity index (χ0n) is 48.9. The third kappa shape index (κ3) is 14.2. The second-order valence-electron chi connectivity index (χ2n) is 26.9. The first-order chi connectivity index (χ1) is 36.4. The summed E-state index contributed by atoms with van der Waals surface area (Å²) in [5, 5.41) is -0.0304. The lowest BCUT2D eigenvalue weighted by atomic mass is 9.81. The first-order valence-electron chi connectivity index (χ1n) is 28.9. The fourth-order valence-corrected chi connectivity index (χ4v) is 16.3. The van der Waals surface area contributed by atoms with Crippen molar-refractivity contribution in [2.75, 3.05) is 13.7 Å². The molecule has 0 unspecified atom stereocenters. The minimum Gasteiger partial charge on any atom is -0.414 e. The van der Waals surface area contributed by atoms with Crippen LogP contribution in [-0.2, 0) is 70.6 Å². The van der Waals surface area contributed by atoms with Crippen LogP contribution in [0.4, 0.5) is 0 Å². The van der Waals surface area contributed by atoms with Crippen LogP contribution in [-0.4, -0.2) is 148 Å². The van der Waals surface area contributed by atoms with Gasteiger partial charge in [0.25, 0.3) is 10.1 Å². The Bertz CT molecular complexity index is 2390. The van der Waals surface area contributed by atoms with Crippen molar-refractivity contribution in [2.45, 2.75) is 277 Å². The minimum absolute atomic E-state index is 0.00984.